The predicted molar refractivity (Wildman–Crippen MR) is 159 cm³/mol. The Morgan fingerprint density at radius 2 is 1.90 bits per heavy atom. The highest BCUT2D eigenvalue weighted by Gasteiger charge is 2.51. The van der Waals surface area contributed by atoms with Crippen LogP contribution in [0.4, 0.5) is 23.4 Å². The van der Waals surface area contributed by atoms with Gasteiger partial charge in [0.25, 0.3) is 5.92 Å². The van der Waals surface area contributed by atoms with Gasteiger partial charge in [-0.25, -0.2) is 22.4 Å². The number of aryl methyl sites for hydroxylation is 1. The molecule has 0 aliphatic carbocycles. The maximum absolute atomic E-state index is 15.1. The molecule has 3 atom stereocenters. The van der Waals surface area contributed by atoms with Crippen molar-refractivity contribution in [2.45, 2.75) is 48.7 Å². The van der Waals surface area contributed by atoms with Crippen LogP contribution in [-0.2, 0) is 9.53 Å². The van der Waals surface area contributed by atoms with Crippen LogP contribution in [0, 0.1) is 18.6 Å². The van der Waals surface area contributed by atoms with E-state index in [1.54, 1.807) is 4.57 Å². The second-order valence-electron chi connectivity index (χ2n) is 10.9. The number of methoxy groups -OCH3 is 1. The zero-order valence-electron chi connectivity index (χ0n) is 23.0. The number of ether oxygens (including phenoxy) is 1. The first-order chi connectivity index (χ1) is 19.5. The van der Waals surface area contributed by atoms with Crippen LogP contribution in [0.5, 0.6) is 0 Å². The van der Waals surface area contributed by atoms with E-state index >= 15 is 4.39 Å². The highest BCUT2D eigenvalue weighted by molar-refractivity contribution is 7.99. The summed E-state index contributed by atoms with van der Waals surface area (Å²) in [6.07, 6.45) is 0.135. The third kappa shape index (κ3) is 4.98. The lowest BCUT2D eigenvalue weighted by molar-refractivity contribution is -0.147. The van der Waals surface area contributed by atoms with E-state index in [9.17, 15) is 22.8 Å². The van der Waals surface area contributed by atoms with E-state index in [0.29, 0.717) is 38.5 Å². The lowest BCUT2D eigenvalue weighted by atomic mass is 9.88. The maximum Gasteiger partial charge on any atom is 0.350 e. The summed E-state index contributed by atoms with van der Waals surface area (Å²) in [5.74, 6) is -3.93. The third-order valence-corrected chi connectivity index (χ3v) is 9.37. The summed E-state index contributed by atoms with van der Waals surface area (Å²) in [6, 6.07) is 3.30. The zero-order chi connectivity index (χ0) is 29.2. The van der Waals surface area contributed by atoms with E-state index in [2.05, 4.69) is 11.6 Å². The molecule has 7 nitrogen and oxygen atoms in total. The number of hydrogen-bond acceptors (Lipinski definition) is 6. The Balaban J connectivity index is 0.00000353. The number of nitrogens with zero attached hydrogens (tertiary/aromatic N) is 4. The molecular weight excluding hydrogens is 592 g/mol. The molecule has 2 bridgehead atoms. The fraction of sp³-hybridized carbons (Fsp3) is 0.414. The molecule has 3 aliphatic heterocycles. The SMILES string of the molecule is C=CC(=O)N1C2CN(c3nc(=O)n4c5c(c(-c6ccc(F)cc6F)c(C)cc35)SC[C@@H]4COC)CC1CC(F)(F)C2.S. The van der Waals surface area contributed by atoms with E-state index < -0.39 is 54.1 Å². The van der Waals surface area contributed by atoms with Crippen molar-refractivity contribution in [3.05, 3.63) is 64.6 Å². The van der Waals surface area contributed by atoms with Crippen LogP contribution in [0.25, 0.3) is 22.0 Å². The van der Waals surface area contributed by atoms with Crippen LogP contribution < -0.4 is 10.6 Å². The van der Waals surface area contributed by atoms with E-state index in [0.717, 1.165) is 12.1 Å². The number of alkyl halides is 2. The Kier molecular flexibility index (Phi) is 8.14. The van der Waals surface area contributed by atoms with Gasteiger partial charge in [0.15, 0.2) is 0 Å². The van der Waals surface area contributed by atoms with Crippen LogP contribution in [0.3, 0.4) is 0 Å². The lowest BCUT2D eigenvalue weighted by Crippen LogP contribution is -2.66. The number of anilines is 1. The minimum absolute atomic E-state index is 0. The fourth-order valence-corrected chi connectivity index (χ4v) is 7.96. The average Bonchev–Trinajstić information content (AvgIpc) is 2.90. The van der Waals surface area contributed by atoms with Gasteiger partial charge in [-0.1, -0.05) is 6.58 Å². The third-order valence-electron chi connectivity index (χ3n) is 8.13. The van der Waals surface area contributed by atoms with Crippen LogP contribution in [0.1, 0.15) is 24.4 Å². The Bertz CT molecular complexity index is 1630. The minimum Gasteiger partial charge on any atom is -0.383 e. The first-order valence-electron chi connectivity index (χ1n) is 13.3. The van der Waals surface area contributed by atoms with Gasteiger partial charge in [0, 0.05) is 66.3 Å². The summed E-state index contributed by atoms with van der Waals surface area (Å²) in [5.41, 5.74) is 1.47. The number of amides is 1. The number of hydrogen-bond donors (Lipinski definition) is 0. The van der Waals surface area contributed by atoms with E-state index in [-0.39, 0.29) is 44.8 Å². The van der Waals surface area contributed by atoms with E-state index in [1.165, 1.54) is 35.9 Å². The van der Waals surface area contributed by atoms with Crippen molar-refractivity contribution in [1.29, 1.82) is 0 Å². The summed E-state index contributed by atoms with van der Waals surface area (Å²) < 4.78 is 65.0. The number of benzene rings is 2. The van der Waals surface area contributed by atoms with Gasteiger partial charge in [-0.05, 0) is 36.8 Å². The molecule has 0 saturated carbocycles. The Hall–Kier alpha value is -3.03. The van der Waals surface area contributed by atoms with E-state index in [1.807, 2.05) is 17.9 Å². The Morgan fingerprint density at radius 1 is 1.21 bits per heavy atom. The fourth-order valence-electron chi connectivity index (χ4n) is 6.60. The van der Waals surface area contributed by atoms with Crippen molar-refractivity contribution in [2.75, 3.05) is 37.5 Å². The van der Waals surface area contributed by atoms with Gasteiger partial charge in [0.1, 0.15) is 17.5 Å². The number of thioether (sulfide) groups is 1. The van der Waals surface area contributed by atoms with Crippen LogP contribution >= 0.6 is 25.3 Å². The van der Waals surface area contributed by atoms with Crippen molar-refractivity contribution in [2.24, 2.45) is 0 Å². The van der Waals surface area contributed by atoms with Gasteiger partial charge >= 0.3 is 5.69 Å². The molecule has 2 saturated heterocycles. The van der Waals surface area contributed by atoms with Crippen molar-refractivity contribution >= 4 is 47.9 Å². The van der Waals surface area contributed by atoms with Crippen molar-refractivity contribution < 1.29 is 27.1 Å². The molecule has 42 heavy (non-hydrogen) atoms. The molecule has 3 aromatic rings. The van der Waals surface area contributed by atoms with Gasteiger partial charge in [-0.3, -0.25) is 9.36 Å². The highest BCUT2D eigenvalue weighted by atomic mass is 32.2. The molecule has 1 aromatic heterocycles. The molecule has 224 valence electrons. The van der Waals surface area contributed by atoms with Gasteiger partial charge in [0.2, 0.25) is 5.91 Å². The predicted octanol–water partition coefficient (Wildman–Crippen LogP) is 5.06. The second kappa shape index (κ2) is 11.2. The molecule has 2 aromatic carbocycles. The van der Waals surface area contributed by atoms with Crippen LogP contribution in [0.15, 0.2) is 46.6 Å². The van der Waals surface area contributed by atoms with Crippen molar-refractivity contribution in [3.8, 4) is 11.1 Å². The van der Waals surface area contributed by atoms with Crippen LogP contribution in [-0.4, -0.2) is 70.9 Å². The number of rotatable bonds is 5. The zero-order valence-corrected chi connectivity index (χ0v) is 24.8. The highest BCUT2D eigenvalue weighted by Crippen LogP contribution is 2.47. The molecule has 0 radical (unpaired) electrons. The Labute approximate surface area is 251 Å². The second-order valence-corrected chi connectivity index (χ2v) is 11.9. The maximum atomic E-state index is 15.1. The molecule has 13 heteroatoms. The summed E-state index contributed by atoms with van der Waals surface area (Å²) in [5, 5.41) is 0.616. The number of piperidine rings is 1. The summed E-state index contributed by atoms with van der Waals surface area (Å²) in [4.78, 5) is 34.7. The topological polar surface area (TPSA) is 67.7 Å². The largest absolute Gasteiger partial charge is 0.383 e. The molecule has 2 fully saturated rings. The van der Waals surface area contributed by atoms with Gasteiger partial charge in [0.05, 0.1) is 30.2 Å². The van der Waals surface area contributed by atoms with Gasteiger partial charge in [-0.15, -0.1) is 11.8 Å². The normalized spacial score (nSPS) is 22.6. The molecule has 0 spiro atoms. The first kappa shape index (κ1) is 30.4. The van der Waals surface area contributed by atoms with Crippen LogP contribution in [0.2, 0.25) is 0 Å². The number of halogens is 4. The molecule has 3 aliphatic rings. The van der Waals surface area contributed by atoms with Crippen molar-refractivity contribution in [1.82, 2.24) is 14.5 Å². The summed E-state index contributed by atoms with van der Waals surface area (Å²) in [6.45, 7) is 5.72. The molecule has 2 unspecified atom stereocenters. The smallest absolute Gasteiger partial charge is 0.350 e. The summed E-state index contributed by atoms with van der Waals surface area (Å²) in [7, 11) is 1.54. The molecule has 1 amide bonds. The van der Waals surface area contributed by atoms with Gasteiger partial charge < -0.3 is 14.5 Å². The molecular formula is C29H30F4N4O3S2. The number of piperazine rings is 1. The average molecular weight is 623 g/mol. The standard InChI is InChI=1S/C29H28F4N4O3S.H2S/c1-4-23(38)36-17-9-29(32,33)10-18(36)12-35(11-17)27-21-7-15(2)24(20-6-5-16(30)8-22(20)31)26-25(21)37(28(39)34-27)19(13-40-3)14-41-26;/h4-8,17-19H,1,9-14H2,2-3H3;1H2/t17?,18?,19-;/m0./s1. The lowest BCUT2D eigenvalue weighted by Gasteiger charge is -2.52. The number of fused-ring (bicyclic) bond motifs is 2. The number of aromatic nitrogens is 2. The quantitative estimate of drug-likeness (QED) is 0.293. The summed E-state index contributed by atoms with van der Waals surface area (Å²) >= 11 is 1.46. The monoisotopic (exact) mass is 622 g/mol. The minimum atomic E-state index is -2.92. The van der Waals surface area contributed by atoms with Gasteiger partial charge in [-0.2, -0.15) is 18.5 Å². The number of carbonyl (C=O) groups excluding carboxylic acids is 1. The number of carbonyl (C=O) groups is 1. The Morgan fingerprint density at radius 3 is 2.52 bits per heavy atom. The van der Waals surface area contributed by atoms with E-state index in [4.69, 9.17) is 4.74 Å². The molecule has 0 N–H and O–H groups in total. The molecule has 6 rings (SSSR count). The van der Waals surface area contributed by atoms with Crippen molar-refractivity contribution in [3.63, 3.8) is 0 Å². The molecule has 4 heterocycles. The first-order valence-corrected chi connectivity index (χ1v) is 14.3.